The number of aromatic hydroxyl groups is 2. The first-order chi connectivity index (χ1) is 17.2. The molecule has 4 aromatic carbocycles. The smallest absolute Gasteiger partial charge is 0.340 e. The highest BCUT2D eigenvalue weighted by Crippen LogP contribution is 2.47. The van der Waals surface area contributed by atoms with Crippen molar-refractivity contribution in [3.8, 4) is 11.5 Å². The summed E-state index contributed by atoms with van der Waals surface area (Å²) in [5.41, 5.74) is 1.77. The quantitative estimate of drug-likeness (QED) is 0.307. The number of rotatable bonds is 4. The molecule has 0 aliphatic carbocycles. The summed E-state index contributed by atoms with van der Waals surface area (Å²) in [6, 6.07) is 25.5. The molecule has 0 aromatic heterocycles. The van der Waals surface area contributed by atoms with E-state index in [9.17, 15) is 24.6 Å². The number of carbonyl (C=O) groups excluding carboxylic acids is 1. The van der Waals surface area contributed by atoms with Crippen LogP contribution in [0.4, 0.5) is 0 Å². The van der Waals surface area contributed by atoms with Gasteiger partial charge < -0.3 is 25.2 Å². The molecule has 0 bridgehead atoms. The van der Waals surface area contributed by atoms with Crippen molar-refractivity contribution < 1.29 is 39.5 Å². The van der Waals surface area contributed by atoms with Gasteiger partial charge in [0.15, 0.2) is 5.60 Å². The number of benzene rings is 4. The van der Waals surface area contributed by atoms with Crippen molar-refractivity contribution >= 4 is 17.9 Å². The molecule has 4 aromatic rings. The number of phenolic OH excluding ortho intramolecular Hbond substituents is 2. The number of esters is 1. The monoisotopic (exact) mass is 484 g/mol. The van der Waals surface area contributed by atoms with E-state index in [1.807, 2.05) is 12.1 Å². The fourth-order valence-electron chi connectivity index (χ4n) is 3.96. The number of ether oxygens (including phenoxy) is 1. The molecule has 0 unspecified atom stereocenters. The lowest BCUT2D eigenvalue weighted by molar-refractivity contribution is 0.0251. The molecule has 1 aliphatic rings. The summed E-state index contributed by atoms with van der Waals surface area (Å²) in [5, 5.41) is 36.1. The normalized spacial score (nSPS) is 13.1. The van der Waals surface area contributed by atoms with Crippen LogP contribution in [0.5, 0.6) is 11.5 Å². The van der Waals surface area contributed by atoms with Crippen LogP contribution in [0.3, 0.4) is 0 Å². The average Bonchev–Trinajstić information content (AvgIpc) is 3.18. The predicted molar refractivity (Wildman–Crippen MR) is 128 cm³/mol. The summed E-state index contributed by atoms with van der Waals surface area (Å²) >= 11 is 0. The van der Waals surface area contributed by atoms with E-state index in [2.05, 4.69) is 0 Å². The van der Waals surface area contributed by atoms with Crippen molar-refractivity contribution in [3.63, 3.8) is 0 Å². The maximum atomic E-state index is 12.4. The summed E-state index contributed by atoms with van der Waals surface area (Å²) in [6.07, 6.45) is 0. The minimum Gasteiger partial charge on any atom is -0.508 e. The Labute approximate surface area is 205 Å². The molecule has 0 spiro atoms. The van der Waals surface area contributed by atoms with Crippen LogP contribution in [-0.2, 0) is 10.3 Å². The van der Waals surface area contributed by atoms with Crippen molar-refractivity contribution in [3.05, 3.63) is 130 Å². The van der Waals surface area contributed by atoms with Gasteiger partial charge in [-0.05, 0) is 54.6 Å². The number of cyclic esters (lactones) is 1. The molecule has 0 saturated heterocycles. The summed E-state index contributed by atoms with van der Waals surface area (Å²) < 4.78 is 5.87. The molecular weight excluding hydrogens is 464 g/mol. The zero-order valence-corrected chi connectivity index (χ0v) is 18.7. The van der Waals surface area contributed by atoms with Gasteiger partial charge >= 0.3 is 17.9 Å². The highest BCUT2D eigenvalue weighted by molar-refractivity contribution is 5.96. The lowest BCUT2D eigenvalue weighted by Crippen LogP contribution is -2.29. The molecule has 0 saturated carbocycles. The van der Waals surface area contributed by atoms with Crippen molar-refractivity contribution in [2.45, 2.75) is 5.60 Å². The Hall–Kier alpha value is -5.11. The van der Waals surface area contributed by atoms with E-state index < -0.39 is 23.5 Å². The van der Waals surface area contributed by atoms with Gasteiger partial charge in [0, 0.05) is 16.7 Å². The largest absolute Gasteiger partial charge is 0.508 e. The van der Waals surface area contributed by atoms with Crippen molar-refractivity contribution in [2.24, 2.45) is 0 Å². The number of hydrogen-bond donors (Lipinski definition) is 4. The molecule has 0 fully saturated rings. The molecule has 0 amide bonds. The van der Waals surface area contributed by atoms with E-state index in [4.69, 9.17) is 14.9 Å². The second-order valence-corrected chi connectivity index (χ2v) is 7.90. The van der Waals surface area contributed by atoms with Crippen molar-refractivity contribution in [2.75, 3.05) is 0 Å². The van der Waals surface area contributed by atoms with Crippen LogP contribution in [0, 0.1) is 0 Å². The van der Waals surface area contributed by atoms with Crippen LogP contribution < -0.4 is 0 Å². The van der Waals surface area contributed by atoms with E-state index in [1.54, 1.807) is 60.7 Å². The van der Waals surface area contributed by atoms with Gasteiger partial charge in [0.05, 0.1) is 16.7 Å². The molecular formula is C28H20O8. The van der Waals surface area contributed by atoms with Gasteiger partial charge in [-0.2, -0.15) is 0 Å². The molecule has 5 rings (SSSR count). The third kappa shape index (κ3) is 4.47. The highest BCUT2D eigenvalue weighted by Gasteiger charge is 2.48. The first-order valence-electron chi connectivity index (χ1n) is 10.7. The van der Waals surface area contributed by atoms with E-state index in [0.29, 0.717) is 5.56 Å². The van der Waals surface area contributed by atoms with Gasteiger partial charge in [-0.25, -0.2) is 14.4 Å². The molecule has 8 nitrogen and oxygen atoms in total. The van der Waals surface area contributed by atoms with E-state index >= 15 is 0 Å². The topological polar surface area (TPSA) is 141 Å². The Bertz CT molecular complexity index is 1340. The van der Waals surface area contributed by atoms with Gasteiger partial charge in [-0.15, -0.1) is 0 Å². The average molecular weight is 484 g/mol. The summed E-state index contributed by atoms with van der Waals surface area (Å²) in [5.74, 6) is -2.25. The van der Waals surface area contributed by atoms with Crippen molar-refractivity contribution in [1.29, 1.82) is 0 Å². The van der Waals surface area contributed by atoms with E-state index in [1.165, 1.54) is 24.3 Å². The third-order valence-electron chi connectivity index (χ3n) is 5.70. The maximum absolute atomic E-state index is 12.4. The lowest BCUT2D eigenvalue weighted by atomic mass is 9.80. The zero-order chi connectivity index (χ0) is 25.9. The number of phenols is 2. The van der Waals surface area contributed by atoms with Gasteiger partial charge in [0.2, 0.25) is 0 Å². The molecule has 1 heterocycles. The minimum absolute atomic E-state index is 0.0833. The van der Waals surface area contributed by atoms with Gasteiger partial charge in [-0.1, -0.05) is 42.5 Å². The zero-order valence-electron chi connectivity index (χ0n) is 18.7. The second-order valence-electron chi connectivity index (χ2n) is 7.90. The molecule has 180 valence electrons. The Morgan fingerprint density at radius 2 is 1.03 bits per heavy atom. The Balaban J connectivity index is 0.000000214. The van der Waals surface area contributed by atoms with Gasteiger partial charge in [-0.3, -0.25) is 0 Å². The highest BCUT2D eigenvalue weighted by atomic mass is 16.6. The van der Waals surface area contributed by atoms with Crippen LogP contribution in [0.15, 0.2) is 97.1 Å². The van der Waals surface area contributed by atoms with E-state index in [-0.39, 0.29) is 22.6 Å². The fourth-order valence-corrected chi connectivity index (χ4v) is 3.96. The number of hydrogen-bond acceptors (Lipinski definition) is 6. The first kappa shape index (κ1) is 24.0. The second kappa shape index (κ2) is 9.63. The van der Waals surface area contributed by atoms with Crippen LogP contribution in [-0.4, -0.2) is 38.3 Å². The molecule has 8 heteroatoms. The number of fused-ring (bicyclic) bond motifs is 1. The summed E-state index contributed by atoms with van der Waals surface area (Å²) in [6.45, 7) is 0. The van der Waals surface area contributed by atoms with Crippen LogP contribution in [0.2, 0.25) is 0 Å². The minimum atomic E-state index is -1.10. The third-order valence-corrected chi connectivity index (χ3v) is 5.70. The fraction of sp³-hybridized carbons (Fsp3) is 0.0357. The number of carboxylic acid groups (broad SMARTS) is 2. The Morgan fingerprint density at radius 3 is 1.44 bits per heavy atom. The van der Waals surface area contributed by atoms with Gasteiger partial charge in [0.1, 0.15) is 11.5 Å². The first-order valence-corrected chi connectivity index (χ1v) is 10.7. The molecule has 1 aliphatic heterocycles. The lowest BCUT2D eigenvalue weighted by Gasteiger charge is -2.30. The Kier molecular flexibility index (Phi) is 6.43. The number of carboxylic acids is 2. The van der Waals surface area contributed by atoms with Crippen LogP contribution in [0.25, 0.3) is 0 Å². The van der Waals surface area contributed by atoms with Crippen molar-refractivity contribution in [1.82, 2.24) is 0 Å². The summed E-state index contributed by atoms with van der Waals surface area (Å²) in [7, 11) is 0. The molecule has 4 N–H and O–H groups in total. The van der Waals surface area contributed by atoms with E-state index in [0.717, 1.165) is 16.7 Å². The predicted octanol–water partition coefficient (Wildman–Crippen LogP) is 4.64. The van der Waals surface area contributed by atoms with Gasteiger partial charge in [0.25, 0.3) is 0 Å². The molecule has 36 heavy (non-hydrogen) atoms. The Morgan fingerprint density at radius 1 is 0.611 bits per heavy atom. The van der Waals surface area contributed by atoms with Crippen LogP contribution in [0.1, 0.15) is 47.8 Å². The SMILES string of the molecule is O=C(O)c1ccc(C(=O)O)cc1.O=C1OC(c2ccc(O)cc2)(c2ccc(O)cc2)c2ccccc21. The molecule has 0 atom stereocenters. The number of aromatic carboxylic acids is 2. The molecule has 0 radical (unpaired) electrons. The standard InChI is InChI=1S/C20H14O4.C8H6O4/c21-15-9-5-13(6-10-15)20(14-7-11-16(22)12-8-14)18-4-2-1-3-17(18)19(23)24-20;9-7(10)5-1-2-6(4-3-5)8(11)12/h1-12,21-22H;1-4H,(H,9,10)(H,11,12). The van der Waals surface area contributed by atoms with Crippen LogP contribution >= 0.6 is 0 Å². The summed E-state index contributed by atoms with van der Waals surface area (Å²) in [4.78, 5) is 33.1. The maximum Gasteiger partial charge on any atom is 0.340 e. The number of carbonyl (C=O) groups is 3.